The number of pyridine rings is 1. The van der Waals surface area contributed by atoms with E-state index in [1.54, 1.807) is 12.3 Å². The average Bonchev–Trinajstić information content (AvgIpc) is 2.81. The normalized spacial score (nSPS) is 10.3. The van der Waals surface area contributed by atoms with Crippen LogP contribution in [0.5, 0.6) is 0 Å². The highest BCUT2D eigenvalue weighted by molar-refractivity contribution is 6.04. The molecule has 0 spiro atoms. The number of anilines is 6. The number of nitrogens with zero attached hydrogens (tertiary/aromatic N) is 4. The van der Waals surface area contributed by atoms with E-state index in [4.69, 9.17) is 0 Å². The van der Waals surface area contributed by atoms with Gasteiger partial charge in [-0.05, 0) is 60.7 Å². The third-order valence-electron chi connectivity index (χ3n) is 4.65. The maximum Gasteiger partial charge on any atom is 0.255 e. The van der Waals surface area contributed by atoms with Gasteiger partial charge < -0.3 is 20.9 Å². The Labute approximate surface area is 186 Å². The Balaban J connectivity index is 1.37. The Morgan fingerprint density at radius 2 is 1.44 bits per heavy atom. The summed E-state index contributed by atoms with van der Waals surface area (Å²) in [6, 6.07) is 22.3. The summed E-state index contributed by atoms with van der Waals surface area (Å²) >= 11 is 0. The van der Waals surface area contributed by atoms with Crippen LogP contribution in [0.1, 0.15) is 10.4 Å². The van der Waals surface area contributed by atoms with E-state index in [1.165, 1.54) is 6.33 Å². The lowest BCUT2D eigenvalue weighted by atomic mass is 10.2. The van der Waals surface area contributed by atoms with Gasteiger partial charge in [-0.3, -0.25) is 4.79 Å². The van der Waals surface area contributed by atoms with E-state index < -0.39 is 0 Å². The monoisotopic (exact) mass is 425 g/mol. The second kappa shape index (κ2) is 9.57. The third kappa shape index (κ3) is 5.37. The maximum atomic E-state index is 12.5. The Morgan fingerprint density at radius 3 is 2.09 bits per heavy atom. The summed E-state index contributed by atoms with van der Waals surface area (Å²) < 4.78 is 0. The molecule has 0 bridgehead atoms. The van der Waals surface area contributed by atoms with Crippen LogP contribution in [0.3, 0.4) is 0 Å². The first-order chi connectivity index (χ1) is 15.6. The first-order valence-electron chi connectivity index (χ1n) is 10.0. The molecule has 3 N–H and O–H groups in total. The van der Waals surface area contributed by atoms with Gasteiger partial charge in [0.05, 0.1) is 0 Å². The topological polar surface area (TPSA) is 95.1 Å². The Kier molecular flexibility index (Phi) is 6.22. The van der Waals surface area contributed by atoms with Crippen LogP contribution in [-0.2, 0) is 0 Å². The van der Waals surface area contributed by atoms with Crippen molar-refractivity contribution in [2.75, 3.05) is 34.9 Å². The molecule has 8 heteroatoms. The molecular weight excluding hydrogens is 402 g/mol. The Morgan fingerprint density at radius 1 is 0.750 bits per heavy atom. The van der Waals surface area contributed by atoms with Crippen molar-refractivity contribution >= 4 is 40.4 Å². The van der Waals surface area contributed by atoms with Gasteiger partial charge in [-0.25, -0.2) is 15.0 Å². The predicted octanol–water partition coefficient (Wildman–Crippen LogP) is 4.68. The average molecular weight is 425 g/mol. The lowest BCUT2D eigenvalue weighted by molar-refractivity contribution is 0.102. The summed E-state index contributed by atoms with van der Waals surface area (Å²) in [6.45, 7) is 0. The van der Waals surface area contributed by atoms with E-state index >= 15 is 0 Å². The molecule has 2 heterocycles. The molecular formula is C24H23N7O. The van der Waals surface area contributed by atoms with E-state index in [1.807, 2.05) is 85.7 Å². The summed E-state index contributed by atoms with van der Waals surface area (Å²) in [5.41, 5.74) is 3.19. The van der Waals surface area contributed by atoms with Crippen molar-refractivity contribution < 1.29 is 4.79 Å². The molecule has 0 aliphatic rings. The number of rotatable bonds is 7. The summed E-state index contributed by atoms with van der Waals surface area (Å²) in [5.74, 6) is 1.81. The molecule has 0 aliphatic carbocycles. The molecule has 0 unspecified atom stereocenters. The van der Waals surface area contributed by atoms with Gasteiger partial charge in [-0.1, -0.05) is 6.07 Å². The maximum absolute atomic E-state index is 12.5. The number of amides is 1. The third-order valence-corrected chi connectivity index (χ3v) is 4.65. The van der Waals surface area contributed by atoms with E-state index in [0.717, 1.165) is 11.4 Å². The van der Waals surface area contributed by atoms with Gasteiger partial charge in [-0.15, -0.1) is 0 Å². The highest BCUT2D eigenvalue weighted by atomic mass is 16.1. The van der Waals surface area contributed by atoms with Crippen molar-refractivity contribution in [3.63, 3.8) is 0 Å². The molecule has 4 aromatic rings. The first-order valence-corrected chi connectivity index (χ1v) is 10.0. The molecule has 2 aromatic carbocycles. The van der Waals surface area contributed by atoms with E-state index in [-0.39, 0.29) is 5.91 Å². The van der Waals surface area contributed by atoms with Gasteiger partial charge in [0.15, 0.2) is 0 Å². The summed E-state index contributed by atoms with van der Waals surface area (Å²) in [5, 5.41) is 9.28. The zero-order chi connectivity index (χ0) is 22.3. The fourth-order valence-corrected chi connectivity index (χ4v) is 2.96. The van der Waals surface area contributed by atoms with E-state index in [2.05, 4.69) is 30.9 Å². The molecule has 160 valence electrons. The molecule has 0 saturated heterocycles. The molecule has 0 atom stereocenters. The lowest BCUT2D eigenvalue weighted by Gasteiger charge is -2.13. The lowest BCUT2D eigenvalue weighted by Crippen LogP contribution is -2.13. The quantitative estimate of drug-likeness (QED) is 0.396. The van der Waals surface area contributed by atoms with Crippen molar-refractivity contribution in [3.05, 3.63) is 90.9 Å². The van der Waals surface area contributed by atoms with Crippen LogP contribution in [0.4, 0.5) is 34.5 Å². The van der Waals surface area contributed by atoms with Crippen molar-refractivity contribution in [1.82, 2.24) is 15.0 Å². The fourth-order valence-electron chi connectivity index (χ4n) is 2.96. The highest BCUT2D eigenvalue weighted by Gasteiger charge is 2.07. The molecule has 32 heavy (non-hydrogen) atoms. The fraction of sp³-hybridized carbons (Fsp3) is 0.0833. The molecule has 0 saturated carbocycles. The van der Waals surface area contributed by atoms with Crippen LogP contribution in [0, 0.1) is 0 Å². The van der Waals surface area contributed by atoms with Gasteiger partial charge in [-0.2, -0.15) is 0 Å². The molecule has 0 aliphatic heterocycles. The van der Waals surface area contributed by atoms with Gasteiger partial charge in [0, 0.05) is 49.0 Å². The van der Waals surface area contributed by atoms with Crippen LogP contribution in [-0.4, -0.2) is 35.0 Å². The number of carbonyl (C=O) groups is 1. The zero-order valence-corrected chi connectivity index (χ0v) is 17.8. The molecule has 8 nitrogen and oxygen atoms in total. The van der Waals surface area contributed by atoms with Crippen molar-refractivity contribution in [2.24, 2.45) is 0 Å². The highest BCUT2D eigenvalue weighted by Crippen LogP contribution is 2.21. The summed E-state index contributed by atoms with van der Waals surface area (Å²) in [4.78, 5) is 27.2. The molecule has 0 radical (unpaired) electrons. The van der Waals surface area contributed by atoms with Crippen molar-refractivity contribution in [2.45, 2.75) is 0 Å². The standard InChI is InChI=1S/C24H23N7O/c1-31(2)20-12-6-17(7-13-20)24(32)29-19-10-8-18(9-11-19)28-22-15-23(27-16-26-22)30-21-5-3-4-14-25-21/h3-16H,1-2H3,(H,29,32)(H2,25,26,27,28,30). The van der Waals surface area contributed by atoms with Gasteiger partial charge in [0.2, 0.25) is 0 Å². The second-order valence-electron chi connectivity index (χ2n) is 7.23. The number of aromatic nitrogens is 3. The van der Waals surface area contributed by atoms with Crippen LogP contribution in [0.15, 0.2) is 85.3 Å². The SMILES string of the molecule is CN(C)c1ccc(C(=O)Nc2ccc(Nc3cc(Nc4ccccn4)ncn3)cc2)cc1. The van der Waals surface area contributed by atoms with Crippen molar-refractivity contribution in [1.29, 1.82) is 0 Å². The number of benzene rings is 2. The smallest absolute Gasteiger partial charge is 0.255 e. The Hall–Kier alpha value is -4.46. The molecule has 1 amide bonds. The van der Waals surface area contributed by atoms with Gasteiger partial charge in [0.25, 0.3) is 5.91 Å². The second-order valence-corrected chi connectivity index (χ2v) is 7.23. The van der Waals surface area contributed by atoms with E-state index in [9.17, 15) is 4.79 Å². The first kappa shape index (κ1) is 20.8. The summed E-state index contributed by atoms with van der Waals surface area (Å²) in [6.07, 6.45) is 3.19. The van der Waals surface area contributed by atoms with E-state index in [0.29, 0.717) is 28.7 Å². The van der Waals surface area contributed by atoms with Gasteiger partial charge in [0.1, 0.15) is 23.8 Å². The zero-order valence-electron chi connectivity index (χ0n) is 17.8. The summed E-state index contributed by atoms with van der Waals surface area (Å²) in [7, 11) is 3.92. The largest absolute Gasteiger partial charge is 0.378 e. The number of carbonyl (C=O) groups excluding carboxylic acids is 1. The Bertz CT molecular complexity index is 1180. The number of nitrogens with one attached hydrogen (secondary N) is 3. The van der Waals surface area contributed by atoms with Gasteiger partial charge >= 0.3 is 0 Å². The van der Waals surface area contributed by atoms with Crippen LogP contribution < -0.4 is 20.9 Å². The minimum atomic E-state index is -0.156. The van der Waals surface area contributed by atoms with Crippen LogP contribution in [0.25, 0.3) is 0 Å². The number of hydrogen-bond acceptors (Lipinski definition) is 7. The minimum Gasteiger partial charge on any atom is -0.378 e. The molecule has 2 aromatic heterocycles. The van der Waals surface area contributed by atoms with Crippen LogP contribution >= 0.6 is 0 Å². The molecule has 0 fully saturated rings. The van der Waals surface area contributed by atoms with Crippen LogP contribution in [0.2, 0.25) is 0 Å². The molecule has 4 rings (SSSR count). The minimum absolute atomic E-state index is 0.156. The van der Waals surface area contributed by atoms with Crippen molar-refractivity contribution in [3.8, 4) is 0 Å². The predicted molar refractivity (Wildman–Crippen MR) is 128 cm³/mol. The number of hydrogen-bond donors (Lipinski definition) is 3.